The molecule has 7 heteroatoms. The number of hydrogen-bond donors (Lipinski definition) is 1. The second kappa shape index (κ2) is 12.8. The highest BCUT2D eigenvalue weighted by atomic mass is 127. The van der Waals surface area contributed by atoms with Crippen LogP contribution in [0.5, 0.6) is 11.5 Å². The van der Waals surface area contributed by atoms with Crippen LogP contribution in [-0.4, -0.2) is 37.0 Å². The highest BCUT2D eigenvalue weighted by molar-refractivity contribution is 14.0. The lowest BCUT2D eigenvalue weighted by atomic mass is 10.2. The molecular formula is C24H29IN4O2. The van der Waals surface area contributed by atoms with Crippen LogP contribution in [0.3, 0.4) is 0 Å². The summed E-state index contributed by atoms with van der Waals surface area (Å²) in [4.78, 5) is 10.7. The third kappa shape index (κ3) is 7.75. The molecule has 31 heavy (non-hydrogen) atoms. The van der Waals surface area contributed by atoms with E-state index < -0.39 is 0 Å². The number of guanidine groups is 1. The molecule has 0 bridgehead atoms. The molecule has 0 saturated carbocycles. The Kier molecular flexibility index (Phi) is 10.1. The topological polar surface area (TPSA) is 59.0 Å². The molecule has 0 amide bonds. The number of nitrogens with zero attached hydrogens (tertiary/aromatic N) is 3. The molecule has 0 aliphatic heterocycles. The summed E-state index contributed by atoms with van der Waals surface area (Å²) in [5.74, 6) is 2.52. The van der Waals surface area contributed by atoms with Gasteiger partial charge in [-0.15, -0.1) is 24.0 Å². The van der Waals surface area contributed by atoms with E-state index in [1.807, 2.05) is 49.5 Å². The van der Waals surface area contributed by atoms with E-state index in [1.165, 1.54) is 5.56 Å². The van der Waals surface area contributed by atoms with E-state index in [4.69, 9.17) is 9.47 Å². The van der Waals surface area contributed by atoms with Gasteiger partial charge in [0.25, 0.3) is 0 Å². The number of benzene rings is 2. The maximum Gasteiger partial charge on any atom is 0.193 e. The Bertz CT molecular complexity index is 932. The van der Waals surface area contributed by atoms with Crippen molar-refractivity contribution in [1.82, 2.24) is 15.2 Å². The molecule has 0 unspecified atom stereocenters. The Morgan fingerprint density at radius 1 is 0.968 bits per heavy atom. The van der Waals surface area contributed by atoms with E-state index in [1.54, 1.807) is 20.4 Å². The van der Waals surface area contributed by atoms with Crippen LogP contribution in [0.4, 0.5) is 0 Å². The molecule has 1 heterocycles. The van der Waals surface area contributed by atoms with Crippen molar-refractivity contribution in [2.45, 2.75) is 19.7 Å². The van der Waals surface area contributed by atoms with Crippen molar-refractivity contribution >= 4 is 29.9 Å². The maximum atomic E-state index is 5.79. The fourth-order valence-corrected chi connectivity index (χ4v) is 2.99. The zero-order chi connectivity index (χ0) is 21.2. The predicted octanol–water partition coefficient (Wildman–Crippen LogP) is 4.49. The van der Waals surface area contributed by atoms with Crippen molar-refractivity contribution in [2.75, 3.05) is 21.2 Å². The van der Waals surface area contributed by atoms with Crippen LogP contribution in [0.15, 0.2) is 77.9 Å². The van der Waals surface area contributed by atoms with Gasteiger partial charge >= 0.3 is 0 Å². The molecule has 3 aromatic rings. The number of rotatable bonds is 8. The monoisotopic (exact) mass is 532 g/mol. The number of nitrogens with one attached hydrogen (secondary N) is 1. The van der Waals surface area contributed by atoms with Crippen molar-refractivity contribution in [3.05, 3.63) is 89.7 Å². The van der Waals surface area contributed by atoms with E-state index in [2.05, 4.69) is 44.5 Å². The number of ether oxygens (including phenoxy) is 2. The van der Waals surface area contributed by atoms with E-state index in [-0.39, 0.29) is 24.0 Å². The van der Waals surface area contributed by atoms with E-state index in [0.29, 0.717) is 13.2 Å². The third-order valence-electron chi connectivity index (χ3n) is 4.64. The average Bonchev–Trinajstić information content (AvgIpc) is 2.80. The minimum atomic E-state index is 0. The standard InChI is InChI=1S/C24H28N4O2.HI/c1-25-24(28(2)17-20-9-11-22(29-3)12-10-20)27-16-19-7-13-23(14-8-19)30-18-21-6-4-5-15-26-21;/h4-15H,16-18H2,1-3H3,(H,25,27);1H. The Hall–Kier alpha value is -2.81. The molecule has 1 aromatic heterocycles. The molecule has 1 N–H and O–H groups in total. The zero-order valence-corrected chi connectivity index (χ0v) is 20.4. The third-order valence-corrected chi connectivity index (χ3v) is 4.64. The normalized spacial score (nSPS) is 10.7. The van der Waals surface area contributed by atoms with Crippen molar-refractivity contribution in [2.24, 2.45) is 4.99 Å². The van der Waals surface area contributed by atoms with Gasteiger partial charge in [0.15, 0.2) is 5.96 Å². The van der Waals surface area contributed by atoms with Gasteiger partial charge in [0.1, 0.15) is 18.1 Å². The quantitative estimate of drug-likeness (QED) is 0.263. The number of pyridine rings is 1. The summed E-state index contributed by atoms with van der Waals surface area (Å²) in [6, 6.07) is 21.9. The summed E-state index contributed by atoms with van der Waals surface area (Å²) < 4.78 is 11.0. The molecule has 0 radical (unpaired) electrons. The number of methoxy groups -OCH3 is 1. The van der Waals surface area contributed by atoms with E-state index in [9.17, 15) is 0 Å². The van der Waals surface area contributed by atoms with Crippen molar-refractivity contribution < 1.29 is 9.47 Å². The lowest BCUT2D eigenvalue weighted by molar-refractivity contribution is 0.301. The van der Waals surface area contributed by atoms with E-state index >= 15 is 0 Å². The van der Waals surface area contributed by atoms with Gasteiger partial charge in [-0.2, -0.15) is 0 Å². The van der Waals surface area contributed by atoms with Crippen LogP contribution in [0, 0.1) is 0 Å². The Balaban J connectivity index is 0.00000341. The predicted molar refractivity (Wildman–Crippen MR) is 135 cm³/mol. The average molecular weight is 532 g/mol. The van der Waals surface area contributed by atoms with Crippen LogP contribution in [0.25, 0.3) is 0 Å². The fourth-order valence-electron chi connectivity index (χ4n) is 2.99. The second-order valence-electron chi connectivity index (χ2n) is 6.86. The van der Waals surface area contributed by atoms with Gasteiger partial charge in [-0.05, 0) is 47.5 Å². The van der Waals surface area contributed by atoms with Gasteiger partial charge in [-0.1, -0.05) is 30.3 Å². The zero-order valence-electron chi connectivity index (χ0n) is 18.1. The highest BCUT2D eigenvalue weighted by Crippen LogP contribution is 2.15. The highest BCUT2D eigenvalue weighted by Gasteiger charge is 2.07. The molecule has 0 aliphatic carbocycles. The molecule has 2 aromatic carbocycles. The molecule has 6 nitrogen and oxygen atoms in total. The first-order valence-corrected chi connectivity index (χ1v) is 9.84. The molecule has 0 fully saturated rings. The second-order valence-corrected chi connectivity index (χ2v) is 6.86. The van der Waals surface area contributed by atoms with Crippen LogP contribution >= 0.6 is 24.0 Å². The SMILES string of the molecule is CN=C(NCc1ccc(OCc2ccccn2)cc1)N(C)Cc1ccc(OC)cc1.I. The minimum Gasteiger partial charge on any atom is -0.497 e. The van der Waals surface area contributed by atoms with Crippen LogP contribution in [0.1, 0.15) is 16.8 Å². The van der Waals surface area contributed by atoms with Gasteiger partial charge in [0.2, 0.25) is 0 Å². The molecule has 0 saturated heterocycles. The summed E-state index contributed by atoms with van der Waals surface area (Å²) >= 11 is 0. The molecular weight excluding hydrogens is 503 g/mol. The lowest BCUT2D eigenvalue weighted by Gasteiger charge is -2.22. The van der Waals surface area contributed by atoms with Gasteiger partial charge in [-0.25, -0.2) is 0 Å². The summed E-state index contributed by atoms with van der Waals surface area (Å²) in [5.41, 5.74) is 3.25. The first kappa shape index (κ1) is 24.5. The van der Waals surface area contributed by atoms with Gasteiger partial charge < -0.3 is 19.7 Å². The Morgan fingerprint density at radius 2 is 1.65 bits per heavy atom. The van der Waals surface area contributed by atoms with Crippen molar-refractivity contribution in [3.63, 3.8) is 0 Å². The summed E-state index contributed by atoms with van der Waals surface area (Å²) in [6.07, 6.45) is 1.77. The van der Waals surface area contributed by atoms with Crippen LogP contribution in [-0.2, 0) is 19.7 Å². The van der Waals surface area contributed by atoms with Gasteiger partial charge in [0, 0.05) is 33.4 Å². The van der Waals surface area contributed by atoms with Gasteiger partial charge in [0.05, 0.1) is 12.8 Å². The summed E-state index contributed by atoms with van der Waals surface area (Å²) in [6.45, 7) is 1.89. The molecule has 3 rings (SSSR count). The molecule has 0 aliphatic rings. The largest absolute Gasteiger partial charge is 0.497 e. The minimum absolute atomic E-state index is 0. The first-order valence-electron chi connectivity index (χ1n) is 9.84. The molecule has 164 valence electrons. The van der Waals surface area contributed by atoms with E-state index in [0.717, 1.165) is 35.3 Å². The number of hydrogen-bond acceptors (Lipinski definition) is 4. The first-order chi connectivity index (χ1) is 14.7. The number of aliphatic imine (C=N–C) groups is 1. The Morgan fingerprint density at radius 3 is 2.26 bits per heavy atom. The molecule has 0 spiro atoms. The smallest absolute Gasteiger partial charge is 0.193 e. The Labute approximate surface area is 201 Å². The maximum absolute atomic E-state index is 5.79. The van der Waals surface area contributed by atoms with Crippen molar-refractivity contribution in [1.29, 1.82) is 0 Å². The summed E-state index contributed by atoms with van der Waals surface area (Å²) in [5, 5.41) is 3.41. The number of aromatic nitrogens is 1. The van der Waals surface area contributed by atoms with Crippen LogP contribution < -0.4 is 14.8 Å². The lowest BCUT2D eigenvalue weighted by Crippen LogP contribution is -2.38. The fraction of sp³-hybridized carbons (Fsp3) is 0.250. The number of halogens is 1. The summed E-state index contributed by atoms with van der Waals surface area (Å²) in [7, 11) is 5.49. The molecule has 0 atom stereocenters. The van der Waals surface area contributed by atoms with Crippen molar-refractivity contribution in [3.8, 4) is 11.5 Å². The van der Waals surface area contributed by atoms with Crippen LogP contribution in [0.2, 0.25) is 0 Å². The van der Waals surface area contributed by atoms with Gasteiger partial charge in [-0.3, -0.25) is 9.98 Å².